The molecule has 0 atom stereocenters. The molecule has 0 aromatic carbocycles. The highest BCUT2D eigenvalue weighted by Gasteiger charge is 2.45. The van der Waals surface area contributed by atoms with Crippen LogP contribution in [0.2, 0.25) is 0 Å². The first-order chi connectivity index (χ1) is 6.68. The number of hydrogen-bond donors (Lipinski definition) is 1. The van der Waals surface area contributed by atoms with Crippen LogP contribution in [-0.2, 0) is 4.74 Å². The number of nitrogens with zero attached hydrogens (tertiary/aromatic N) is 3. The molecular formula is C8H14N4O2. The molecule has 0 aromatic rings. The van der Waals surface area contributed by atoms with Crippen molar-refractivity contribution < 1.29 is 9.53 Å². The van der Waals surface area contributed by atoms with Gasteiger partial charge in [-0.2, -0.15) is 0 Å². The Labute approximate surface area is 82.0 Å². The van der Waals surface area contributed by atoms with Gasteiger partial charge >= 0.3 is 6.09 Å². The Morgan fingerprint density at radius 2 is 2.29 bits per heavy atom. The standard InChI is InChI=1S/C8H14N4O2/c9-7(13)14-8(4-5-8)3-1-2-6-11-12-10/h1-6H2,(H2,9,13). The van der Waals surface area contributed by atoms with Gasteiger partial charge in [0.2, 0.25) is 0 Å². The molecule has 6 nitrogen and oxygen atoms in total. The summed E-state index contributed by atoms with van der Waals surface area (Å²) in [5, 5.41) is 3.42. The normalized spacial score (nSPS) is 16.9. The Kier molecular flexibility index (Phi) is 3.59. The minimum Gasteiger partial charge on any atom is -0.443 e. The molecule has 0 spiro atoms. The second-order valence-electron chi connectivity index (χ2n) is 3.52. The lowest BCUT2D eigenvalue weighted by Crippen LogP contribution is -2.24. The van der Waals surface area contributed by atoms with Gasteiger partial charge in [0, 0.05) is 11.5 Å². The van der Waals surface area contributed by atoms with Crippen molar-refractivity contribution in [2.45, 2.75) is 37.7 Å². The van der Waals surface area contributed by atoms with E-state index in [1.807, 2.05) is 0 Å². The van der Waals surface area contributed by atoms with Gasteiger partial charge in [-0.3, -0.25) is 0 Å². The number of primary amides is 1. The lowest BCUT2D eigenvalue weighted by Gasteiger charge is -2.13. The fourth-order valence-electron chi connectivity index (χ4n) is 1.43. The number of amides is 1. The number of ether oxygens (including phenoxy) is 1. The summed E-state index contributed by atoms with van der Waals surface area (Å²) < 4.78 is 4.99. The van der Waals surface area contributed by atoms with Crippen LogP contribution in [0.4, 0.5) is 4.79 Å². The first kappa shape index (κ1) is 10.7. The summed E-state index contributed by atoms with van der Waals surface area (Å²) in [5.41, 5.74) is 12.7. The Morgan fingerprint density at radius 3 is 2.79 bits per heavy atom. The van der Waals surface area contributed by atoms with Gasteiger partial charge in [-0.15, -0.1) is 0 Å². The lowest BCUT2D eigenvalue weighted by molar-refractivity contribution is 0.0836. The summed E-state index contributed by atoms with van der Waals surface area (Å²) in [6.07, 6.45) is 3.64. The van der Waals surface area contributed by atoms with E-state index in [0.29, 0.717) is 6.54 Å². The second-order valence-corrected chi connectivity index (χ2v) is 3.52. The van der Waals surface area contributed by atoms with Crippen molar-refractivity contribution in [2.24, 2.45) is 10.8 Å². The molecule has 14 heavy (non-hydrogen) atoms. The van der Waals surface area contributed by atoms with Crippen LogP contribution in [-0.4, -0.2) is 18.2 Å². The Morgan fingerprint density at radius 1 is 1.57 bits per heavy atom. The molecule has 0 heterocycles. The highest BCUT2D eigenvalue weighted by atomic mass is 16.6. The fourth-order valence-corrected chi connectivity index (χ4v) is 1.43. The molecule has 0 unspecified atom stereocenters. The molecule has 0 saturated heterocycles. The fraction of sp³-hybridized carbons (Fsp3) is 0.875. The second kappa shape index (κ2) is 4.72. The molecule has 1 fully saturated rings. The van der Waals surface area contributed by atoms with Crippen LogP contribution in [0, 0.1) is 0 Å². The maximum absolute atomic E-state index is 10.5. The van der Waals surface area contributed by atoms with Gasteiger partial charge in [-0.1, -0.05) is 5.11 Å². The molecule has 1 aliphatic rings. The van der Waals surface area contributed by atoms with Crippen molar-refractivity contribution in [1.82, 2.24) is 0 Å². The summed E-state index contributed by atoms with van der Waals surface area (Å²) in [6, 6.07) is 0. The zero-order valence-corrected chi connectivity index (χ0v) is 7.98. The van der Waals surface area contributed by atoms with Crippen LogP contribution in [0.25, 0.3) is 10.4 Å². The van der Waals surface area contributed by atoms with Crippen molar-refractivity contribution in [1.29, 1.82) is 0 Å². The van der Waals surface area contributed by atoms with E-state index in [4.69, 9.17) is 16.0 Å². The van der Waals surface area contributed by atoms with Gasteiger partial charge in [0.15, 0.2) is 0 Å². The van der Waals surface area contributed by atoms with E-state index in [9.17, 15) is 4.79 Å². The SMILES string of the molecule is [N-]=[N+]=NCCCCC1(OC(N)=O)CC1. The van der Waals surface area contributed by atoms with Crippen LogP contribution in [0.1, 0.15) is 32.1 Å². The number of unbranched alkanes of at least 4 members (excludes halogenated alkanes) is 1. The van der Waals surface area contributed by atoms with Crippen molar-refractivity contribution in [2.75, 3.05) is 6.54 Å². The largest absolute Gasteiger partial charge is 0.443 e. The van der Waals surface area contributed by atoms with Gasteiger partial charge in [-0.25, -0.2) is 4.79 Å². The van der Waals surface area contributed by atoms with Crippen molar-refractivity contribution in [3.63, 3.8) is 0 Å². The van der Waals surface area contributed by atoms with Gasteiger partial charge in [-0.05, 0) is 37.6 Å². The molecule has 0 aliphatic heterocycles. The number of rotatable bonds is 6. The third kappa shape index (κ3) is 3.53. The van der Waals surface area contributed by atoms with E-state index >= 15 is 0 Å². The van der Waals surface area contributed by atoms with Crippen LogP contribution in [0.5, 0.6) is 0 Å². The first-order valence-corrected chi connectivity index (χ1v) is 4.68. The summed E-state index contributed by atoms with van der Waals surface area (Å²) >= 11 is 0. The molecule has 6 heteroatoms. The van der Waals surface area contributed by atoms with Crippen molar-refractivity contribution in [3.05, 3.63) is 10.4 Å². The van der Waals surface area contributed by atoms with Gasteiger partial charge in [0.25, 0.3) is 0 Å². The average molecular weight is 198 g/mol. The van der Waals surface area contributed by atoms with Crippen molar-refractivity contribution in [3.8, 4) is 0 Å². The van der Waals surface area contributed by atoms with Gasteiger partial charge in [0.1, 0.15) is 5.60 Å². The number of azide groups is 1. The number of carbonyl (C=O) groups is 1. The minimum atomic E-state index is -0.697. The molecule has 1 rings (SSSR count). The Bertz CT molecular complexity index is 256. The predicted octanol–water partition coefficient (Wildman–Crippen LogP) is 2.09. The Balaban J connectivity index is 2.11. The van der Waals surface area contributed by atoms with Crippen LogP contribution in [0.3, 0.4) is 0 Å². The molecule has 2 N–H and O–H groups in total. The van der Waals surface area contributed by atoms with E-state index in [-0.39, 0.29) is 5.60 Å². The van der Waals surface area contributed by atoms with E-state index in [2.05, 4.69) is 10.0 Å². The van der Waals surface area contributed by atoms with Crippen LogP contribution < -0.4 is 5.73 Å². The van der Waals surface area contributed by atoms with Crippen molar-refractivity contribution >= 4 is 6.09 Å². The summed E-state index contributed by atoms with van der Waals surface area (Å²) in [7, 11) is 0. The topological polar surface area (TPSA) is 101 Å². The number of carbonyl (C=O) groups excluding carboxylic acids is 1. The van der Waals surface area contributed by atoms with Gasteiger partial charge < -0.3 is 10.5 Å². The molecule has 0 bridgehead atoms. The van der Waals surface area contributed by atoms with Gasteiger partial charge in [0.05, 0.1) is 0 Å². The molecule has 1 aliphatic carbocycles. The molecule has 78 valence electrons. The lowest BCUT2D eigenvalue weighted by atomic mass is 10.1. The molecule has 0 aromatic heterocycles. The smallest absolute Gasteiger partial charge is 0.405 e. The predicted molar refractivity (Wildman–Crippen MR) is 50.5 cm³/mol. The third-order valence-corrected chi connectivity index (χ3v) is 2.33. The first-order valence-electron chi connectivity index (χ1n) is 4.68. The van der Waals surface area contributed by atoms with E-state index in [1.165, 1.54) is 0 Å². The van der Waals surface area contributed by atoms with E-state index in [0.717, 1.165) is 32.1 Å². The average Bonchev–Trinajstić information content (AvgIpc) is 2.84. The quantitative estimate of drug-likeness (QED) is 0.305. The summed E-state index contributed by atoms with van der Waals surface area (Å²) in [4.78, 5) is 13.2. The highest BCUT2D eigenvalue weighted by molar-refractivity contribution is 5.65. The van der Waals surface area contributed by atoms with Crippen LogP contribution >= 0.6 is 0 Å². The number of hydrogen-bond acceptors (Lipinski definition) is 3. The maximum atomic E-state index is 10.5. The maximum Gasteiger partial charge on any atom is 0.405 e. The summed E-state index contributed by atoms with van der Waals surface area (Å²) in [6.45, 7) is 0.503. The molecule has 1 amide bonds. The summed E-state index contributed by atoms with van der Waals surface area (Å²) in [5.74, 6) is 0. The third-order valence-electron chi connectivity index (χ3n) is 2.33. The van der Waals surface area contributed by atoms with E-state index in [1.54, 1.807) is 0 Å². The highest BCUT2D eigenvalue weighted by Crippen LogP contribution is 2.43. The van der Waals surface area contributed by atoms with E-state index < -0.39 is 6.09 Å². The minimum absolute atomic E-state index is 0.289. The molecular weight excluding hydrogens is 184 g/mol. The monoisotopic (exact) mass is 198 g/mol. The Hall–Kier alpha value is -1.42. The molecule has 1 saturated carbocycles. The molecule has 0 radical (unpaired) electrons. The zero-order valence-electron chi connectivity index (χ0n) is 7.98. The zero-order chi connectivity index (χ0) is 10.4. The number of nitrogens with two attached hydrogens (primary N) is 1. The van der Waals surface area contributed by atoms with Crippen LogP contribution in [0.15, 0.2) is 5.11 Å².